The number of nitrogens with one attached hydrogen (secondary N) is 2. The molecule has 0 unspecified atom stereocenters. The quantitative estimate of drug-likeness (QED) is 0.761. The Balaban J connectivity index is 1.51. The molecule has 2 N–H and O–H groups in total. The Bertz CT molecular complexity index is 779. The molecule has 0 bridgehead atoms. The van der Waals surface area contributed by atoms with Crippen molar-refractivity contribution in [3.8, 4) is 0 Å². The van der Waals surface area contributed by atoms with Crippen LogP contribution >= 0.6 is 11.3 Å². The number of amides is 1. The summed E-state index contributed by atoms with van der Waals surface area (Å²) in [6.07, 6.45) is 5.73. The fourth-order valence-electron chi connectivity index (χ4n) is 2.60. The predicted octanol–water partition coefficient (Wildman–Crippen LogP) is 1.19. The number of fused-ring (bicyclic) bond motifs is 2. The number of carbonyl (C=O) groups is 1. The molecule has 22 heavy (non-hydrogen) atoms. The highest BCUT2D eigenvalue weighted by Crippen LogP contribution is 2.17. The minimum absolute atomic E-state index is 0.156. The van der Waals surface area contributed by atoms with E-state index in [0.29, 0.717) is 12.2 Å². The summed E-state index contributed by atoms with van der Waals surface area (Å²) in [5.74, 6) is 0.748. The molecule has 1 aliphatic rings. The molecule has 1 aliphatic heterocycles. The number of nitrogens with zero attached hydrogens (tertiary/aromatic N) is 4. The highest BCUT2D eigenvalue weighted by molar-refractivity contribution is 7.15. The molecule has 0 spiro atoms. The van der Waals surface area contributed by atoms with E-state index in [2.05, 4.69) is 20.6 Å². The first-order valence-corrected chi connectivity index (χ1v) is 8.08. The highest BCUT2D eigenvalue weighted by atomic mass is 32.1. The summed E-state index contributed by atoms with van der Waals surface area (Å²) in [7, 11) is 0. The van der Waals surface area contributed by atoms with Crippen LogP contribution in [0.3, 0.4) is 0 Å². The zero-order valence-corrected chi connectivity index (χ0v) is 12.9. The fourth-order valence-corrected chi connectivity index (χ4v) is 3.30. The van der Waals surface area contributed by atoms with Crippen LogP contribution in [0.4, 0.5) is 0 Å². The van der Waals surface area contributed by atoms with Gasteiger partial charge in [-0.1, -0.05) is 0 Å². The minimum atomic E-state index is -0.161. The Morgan fingerprint density at radius 2 is 2.36 bits per heavy atom. The molecule has 0 saturated carbocycles. The number of rotatable bonds is 3. The molecule has 0 aromatic carbocycles. The standard InChI is InChI=1S/C14H16N6OS/c1-9(10-7-20-4-5-22-14(20)18-10)16-13(21)11-8-19-3-2-15-6-12(19)17-11/h4-5,7-9,15H,2-3,6H2,1H3,(H,16,21)/t9-/m1/s1. The van der Waals surface area contributed by atoms with E-state index in [1.54, 1.807) is 11.3 Å². The van der Waals surface area contributed by atoms with Crippen molar-refractivity contribution in [3.63, 3.8) is 0 Å². The number of thiazole rings is 1. The zero-order valence-electron chi connectivity index (χ0n) is 12.1. The average molecular weight is 316 g/mol. The Morgan fingerprint density at radius 1 is 1.45 bits per heavy atom. The van der Waals surface area contributed by atoms with Crippen LogP contribution in [0, 0.1) is 0 Å². The van der Waals surface area contributed by atoms with Gasteiger partial charge < -0.3 is 15.2 Å². The second-order valence-electron chi connectivity index (χ2n) is 5.37. The average Bonchev–Trinajstić information content (AvgIpc) is 3.20. The second kappa shape index (κ2) is 5.22. The molecule has 0 aliphatic carbocycles. The molecule has 1 atom stereocenters. The van der Waals surface area contributed by atoms with Crippen LogP contribution < -0.4 is 10.6 Å². The third-order valence-electron chi connectivity index (χ3n) is 3.81. The van der Waals surface area contributed by atoms with Gasteiger partial charge in [-0.25, -0.2) is 9.97 Å². The van der Waals surface area contributed by atoms with Gasteiger partial charge in [0.25, 0.3) is 5.91 Å². The second-order valence-corrected chi connectivity index (χ2v) is 6.24. The van der Waals surface area contributed by atoms with E-state index in [-0.39, 0.29) is 11.9 Å². The fraction of sp³-hybridized carbons (Fsp3) is 0.357. The molecule has 1 amide bonds. The maximum atomic E-state index is 12.4. The Hall–Kier alpha value is -2.19. The van der Waals surface area contributed by atoms with Gasteiger partial charge >= 0.3 is 0 Å². The van der Waals surface area contributed by atoms with Crippen molar-refractivity contribution in [1.82, 2.24) is 29.6 Å². The molecule has 0 radical (unpaired) electrons. The van der Waals surface area contributed by atoms with Crippen LogP contribution in [-0.4, -0.2) is 31.4 Å². The third-order valence-corrected chi connectivity index (χ3v) is 4.58. The number of aromatic nitrogens is 4. The van der Waals surface area contributed by atoms with E-state index in [0.717, 1.165) is 29.6 Å². The smallest absolute Gasteiger partial charge is 0.272 e. The van der Waals surface area contributed by atoms with Gasteiger partial charge in [0.15, 0.2) is 4.96 Å². The number of imidazole rings is 2. The Labute approximate surface area is 131 Å². The van der Waals surface area contributed by atoms with Crippen LogP contribution in [0.1, 0.15) is 35.0 Å². The van der Waals surface area contributed by atoms with Gasteiger partial charge in [-0.05, 0) is 6.92 Å². The lowest BCUT2D eigenvalue weighted by atomic mass is 10.2. The summed E-state index contributed by atoms with van der Waals surface area (Å²) in [6, 6.07) is -0.156. The van der Waals surface area contributed by atoms with Crippen molar-refractivity contribution in [3.05, 3.63) is 41.2 Å². The Kier molecular flexibility index (Phi) is 3.20. The summed E-state index contributed by atoms with van der Waals surface area (Å²) < 4.78 is 3.99. The molecular formula is C14H16N6OS. The lowest BCUT2D eigenvalue weighted by molar-refractivity contribution is 0.0934. The van der Waals surface area contributed by atoms with Gasteiger partial charge in [-0.3, -0.25) is 9.20 Å². The summed E-state index contributed by atoms with van der Waals surface area (Å²) in [6.45, 7) is 4.40. The van der Waals surface area contributed by atoms with Gasteiger partial charge in [-0.2, -0.15) is 0 Å². The van der Waals surface area contributed by atoms with Crippen molar-refractivity contribution >= 4 is 22.2 Å². The molecule has 4 heterocycles. The van der Waals surface area contributed by atoms with Crippen LogP contribution in [-0.2, 0) is 13.1 Å². The summed E-state index contributed by atoms with van der Waals surface area (Å²) in [5, 5.41) is 8.20. The predicted molar refractivity (Wildman–Crippen MR) is 82.9 cm³/mol. The number of hydrogen-bond acceptors (Lipinski definition) is 5. The molecule has 0 fully saturated rings. The minimum Gasteiger partial charge on any atom is -0.342 e. The van der Waals surface area contributed by atoms with Crippen LogP contribution in [0.15, 0.2) is 24.0 Å². The van der Waals surface area contributed by atoms with E-state index < -0.39 is 0 Å². The first kappa shape index (κ1) is 13.5. The molecule has 4 rings (SSSR count). The van der Waals surface area contributed by atoms with Crippen molar-refractivity contribution in [2.45, 2.75) is 26.1 Å². The topological polar surface area (TPSA) is 76.2 Å². The highest BCUT2D eigenvalue weighted by Gasteiger charge is 2.19. The van der Waals surface area contributed by atoms with Gasteiger partial charge in [0, 0.05) is 37.1 Å². The molecular weight excluding hydrogens is 300 g/mol. The van der Waals surface area contributed by atoms with Crippen molar-refractivity contribution in [2.24, 2.45) is 0 Å². The van der Waals surface area contributed by atoms with Crippen LogP contribution in [0.25, 0.3) is 4.96 Å². The molecule has 0 saturated heterocycles. The maximum absolute atomic E-state index is 12.4. The van der Waals surface area contributed by atoms with Gasteiger partial charge in [0.1, 0.15) is 11.5 Å². The monoisotopic (exact) mass is 316 g/mol. The Morgan fingerprint density at radius 3 is 3.18 bits per heavy atom. The van der Waals surface area contributed by atoms with E-state index in [9.17, 15) is 4.79 Å². The van der Waals surface area contributed by atoms with E-state index in [1.165, 1.54) is 0 Å². The summed E-state index contributed by atoms with van der Waals surface area (Å²) in [4.78, 5) is 22.2. The first-order chi connectivity index (χ1) is 10.7. The zero-order chi connectivity index (χ0) is 15.1. The normalized spacial score (nSPS) is 15.7. The molecule has 7 nitrogen and oxygen atoms in total. The first-order valence-electron chi connectivity index (χ1n) is 7.20. The number of hydrogen-bond donors (Lipinski definition) is 2. The summed E-state index contributed by atoms with van der Waals surface area (Å²) in [5.41, 5.74) is 1.32. The molecule has 3 aromatic rings. The molecule has 3 aromatic heterocycles. The van der Waals surface area contributed by atoms with Crippen molar-refractivity contribution in [1.29, 1.82) is 0 Å². The SMILES string of the molecule is C[C@@H](NC(=O)c1cn2c(n1)CNCC2)c1cn2ccsc2n1. The lowest BCUT2D eigenvalue weighted by Gasteiger charge is -2.13. The van der Waals surface area contributed by atoms with Crippen LogP contribution in [0.5, 0.6) is 0 Å². The molecule has 114 valence electrons. The van der Waals surface area contributed by atoms with Crippen molar-refractivity contribution in [2.75, 3.05) is 6.54 Å². The van der Waals surface area contributed by atoms with Gasteiger partial charge in [0.05, 0.1) is 18.3 Å². The van der Waals surface area contributed by atoms with E-state index in [1.807, 2.05) is 39.9 Å². The lowest BCUT2D eigenvalue weighted by Crippen LogP contribution is -2.27. The molecule has 8 heteroatoms. The van der Waals surface area contributed by atoms with Crippen LogP contribution in [0.2, 0.25) is 0 Å². The largest absolute Gasteiger partial charge is 0.342 e. The number of carbonyl (C=O) groups excluding carboxylic acids is 1. The third kappa shape index (κ3) is 2.30. The van der Waals surface area contributed by atoms with E-state index >= 15 is 0 Å². The maximum Gasteiger partial charge on any atom is 0.272 e. The van der Waals surface area contributed by atoms with Gasteiger partial charge in [-0.15, -0.1) is 11.3 Å². The van der Waals surface area contributed by atoms with Gasteiger partial charge in [0.2, 0.25) is 0 Å². The van der Waals surface area contributed by atoms with E-state index in [4.69, 9.17) is 0 Å². The van der Waals surface area contributed by atoms with Crippen molar-refractivity contribution < 1.29 is 4.79 Å². The summed E-state index contributed by atoms with van der Waals surface area (Å²) >= 11 is 1.58.